The van der Waals surface area contributed by atoms with Gasteiger partial charge < -0.3 is 10.2 Å². The first-order valence-electron chi connectivity index (χ1n) is 7.35. The van der Waals surface area contributed by atoms with Crippen molar-refractivity contribution in [3.8, 4) is 0 Å². The first-order chi connectivity index (χ1) is 8.93. The molecule has 108 valence electrons. The summed E-state index contributed by atoms with van der Waals surface area (Å²) in [5.74, 6) is 0.521. The van der Waals surface area contributed by atoms with E-state index in [-0.39, 0.29) is 5.54 Å². The molecule has 1 fully saturated rings. The average molecular weight is 281 g/mol. The first kappa shape index (κ1) is 14.9. The largest absolute Gasteiger partial charge is 0.306 e. The van der Waals surface area contributed by atoms with Crippen molar-refractivity contribution in [3.05, 3.63) is 16.1 Å². The molecule has 2 rings (SSSR count). The number of nitrogens with one attached hydrogen (secondary N) is 1. The summed E-state index contributed by atoms with van der Waals surface area (Å²) in [6.07, 6.45) is 2.32. The zero-order chi connectivity index (χ0) is 14.0. The van der Waals surface area contributed by atoms with Gasteiger partial charge in [0, 0.05) is 24.5 Å². The van der Waals surface area contributed by atoms with Crippen molar-refractivity contribution in [2.75, 3.05) is 20.1 Å². The molecule has 0 aliphatic carbocycles. The van der Waals surface area contributed by atoms with Gasteiger partial charge in [0.25, 0.3) is 0 Å². The number of hydrogen-bond acceptors (Lipinski definition) is 4. The summed E-state index contributed by atoms with van der Waals surface area (Å²) in [4.78, 5) is 7.34. The lowest BCUT2D eigenvalue weighted by Crippen LogP contribution is -2.52. The summed E-state index contributed by atoms with van der Waals surface area (Å²) in [5, 5.41) is 7.33. The monoisotopic (exact) mass is 281 g/mol. The van der Waals surface area contributed by atoms with E-state index in [1.54, 1.807) is 0 Å². The Morgan fingerprint density at radius 3 is 2.37 bits per heavy atom. The Morgan fingerprint density at radius 1 is 1.26 bits per heavy atom. The Kier molecular flexibility index (Phi) is 4.64. The minimum Gasteiger partial charge on any atom is -0.306 e. The summed E-state index contributed by atoms with van der Waals surface area (Å²) >= 11 is 1.83. The highest BCUT2D eigenvalue weighted by Crippen LogP contribution is 2.36. The highest BCUT2D eigenvalue weighted by molar-refractivity contribution is 7.09. The molecule has 3 nitrogen and oxygen atoms in total. The van der Waals surface area contributed by atoms with Crippen LogP contribution in [0.25, 0.3) is 0 Å². The zero-order valence-corrected chi connectivity index (χ0v) is 13.7. The normalized spacial score (nSPS) is 20.4. The van der Waals surface area contributed by atoms with E-state index >= 15 is 0 Å². The smallest absolute Gasteiger partial charge is 0.113 e. The van der Waals surface area contributed by atoms with Crippen molar-refractivity contribution in [1.29, 1.82) is 0 Å². The molecule has 0 bridgehead atoms. The molecule has 0 saturated carbocycles. The van der Waals surface area contributed by atoms with Gasteiger partial charge in [-0.25, -0.2) is 4.98 Å². The Bertz CT molecular complexity index is 403. The maximum Gasteiger partial charge on any atom is 0.113 e. The molecule has 1 saturated heterocycles. The second-order valence-corrected chi connectivity index (χ2v) is 7.27. The van der Waals surface area contributed by atoms with Crippen LogP contribution in [0.5, 0.6) is 0 Å². The Balaban J connectivity index is 2.26. The Hall–Kier alpha value is -0.450. The van der Waals surface area contributed by atoms with Crippen molar-refractivity contribution in [2.24, 2.45) is 0 Å². The van der Waals surface area contributed by atoms with E-state index in [1.807, 2.05) is 11.3 Å². The highest BCUT2D eigenvalue weighted by Gasteiger charge is 2.38. The summed E-state index contributed by atoms with van der Waals surface area (Å²) in [7, 11) is 2.21. The highest BCUT2D eigenvalue weighted by atomic mass is 32.1. The van der Waals surface area contributed by atoms with E-state index in [0.29, 0.717) is 12.0 Å². The zero-order valence-electron chi connectivity index (χ0n) is 12.9. The molecule has 0 amide bonds. The SMILES string of the molecule is CC(C)NC1(c2nc(C(C)C)cs2)CCN(C)CC1. The van der Waals surface area contributed by atoms with Crippen molar-refractivity contribution >= 4 is 11.3 Å². The third-order valence-electron chi connectivity index (χ3n) is 3.93. The molecular formula is C15H27N3S. The van der Waals surface area contributed by atoms with Gasteiger partial charge in [0.15, 0.2) is 0 Å². The number of aromatic nitrogens is 1. The van der Waals surface area contributed by atoms with E-state index in [2.05, 4.69) is 50.3 Å². The second-order valence-electron chi connectivity index (χ2n) is 6.42. The van der Waals surface area contributed by atoms with Crippen LogP contribution in [0.4, 0.5) is 0 Å². The average Bonchev–Trinajstić information content (AvgIpc) is 2.82. The van der Waals surface area contributed by atoms with Gasteiger partial charge in [-0.05, 0) is 39.7 Å². The van der Waals surface area contributed by atoms with Crippen LogP contribution in [-0.4, -0.2) is 36.1 Å². The van der Waals surface area contributed by atoms with Crippen molar-refractivity contribution in [3.63, 3.8) is 0 Å². The van der Waals surface area contributed by atoms with Crippen LogP contribution < -0.4 is 5.32 Å². The minimum absolute atomic E-state index is 0.0957. The van der Waals surface area contributed by atoms with E-state index in [4.69, 9.17) is 4.98 Å². The van der Waals surface area contributed by atoms with Gasteiger partial charge in [-0.1, -0.05) is 13.8 Å². The van der Waals surface area contributed by atoms with Crippen molar-refractivity contribution in [1.82, 2.24) is 15.2 Å². The molecule has 1 aromatic rings. The molecule has 1 aliphatic heterocycles. The summed E-state index contributed by atoms with van der Waals surface area (Å²) in [6.45, 7) is 11.2. The van der Waals surface area contributed by atoms with E-state index in [0.717, 1.165) is 25.9 Å². The molecule has 0 aromatic carbocycles. The fourth-order valence-electron chi connectivity index (χ4n) is 2.74. The molecule has 1 N–H and O–H groups in total. The third kappa shape index (κ3) is 3.36. The molecule has 0 atom stereocenters. The lowest BCUT2D eigenvalue weighted by atomic mass is 9.87. The number of hydrogen-bond donors (Lipinski definition) is 1. The van der Waals surface area contributed by atoms with Gasteiger partial charge in [0.1, 0.15) is 5.01 Å². The standard InChI is InChI=1S/C15H27N3S/c1-11(2)13-10-19-14(16-13)15(17-12(3)4)6-8-18(5)9-7-15/h10-12,17H,6-9H2,1-5H3. The number of rotatable bonds is 4. The maximum atomic E-state index is 4.92. The number of piperidine rings is 1. The van der Waals surface area contributed by atoms with Crippen LogP contribution in [0.3, 0.4) is 0 Å². The third-order valence-corrected chi connectivity index (χ3v) is 4.99. The lowest BCUT2D eigenvalue weighted by Gasteiger charge is -2.41. The molecular weight excluding hydrogens is 254 g/mol. The number of thiazole rings is 1. The van der Waals surface area contributed by atoms with Gasteiger partial charge in [0.05, 0.1) is 11.2 Å². The molecule has 0 spiro atoms. The fourth-order valence-corrected chi connectivity index (χ4v) is 3.95. The van der Waals surface area contributed by atoms with E-state index in [1.165, 1.54) is 10.7 Å². The summed E-state index contributed by atoms with van der Waals surface area (Å²) < 4.78 is 0. The summed E-state index contributed by atoms with van der Waals surface area (Å²) in [5.41, 5.74) is 1.34. The quantitative estimate of drug-likeness (QED) is 0.918. The maximum absolute atomic E-state index is 4.92. The Labute approximate surface area is 121 Å². The Morgan fingerprint density at radius 2 is 1.89 bits per heavy atom. The summed E-state index contributed by atoms with van der Waals surface area (Å²) in [6, 6.07) is 0.495. The van der Waals surface area contributed by atoms with Crippen molar-refractivity contribution < 1.29 is 0 Å². The second kappa shape index (κ2) is 5.90. The molecule has 2 heterocycles. The van der Waals surface area contributed by atoms with Crippen LogP contribution >= 0.6 is 11.3 Å². The fraction of sp³-hybridized carbons (Fsp3) is 0.800. The van der Waals surface area contributed by atoms with Gasteiger partial charge in [0.2, 0.25) is 0 Å². The molecule has 4 heteroatoms. The van der Waals surface area contributed by atoms with E-state index < -0.39 is 0 Å². The number of likely N-dealkylation sites (tertiary alicyclic amines) is 1. The molecule has 1 aliphatic rings. The van der Waals surface area contributed by atoms with Gasteiger partial charge in [-0.15, -0.1) is 11.3 Å². The van der Waals surface area contributed by atoms with Crippen LogP contribution in [0.15, 0.2) is 5.38 Å². The molecule has 0 radical (unpaired) electrons. The predicted molar refractivity (Wildman–Crippen MR) is 82.9 cm³/mol. The lowest BCUT2D eigenvalue weighted by molar-refractivity contribution is 0.147. The van der Waals surface area contributed by atoms with Gasteiger partial charge in [-0.3, -0.25) is 0 Å². The van der Waals surface area contributed by atoms with Crippen LogP contribution in [0, 0.1) is 0 Å². The number of nitrogens with zero attached hydrogens (tertiary/aromatic N) is 2. The van der Waals surface area contributed by atoms with E-state index in [9.17, 15) is 0 Å². The van der Waals surface area contributed by atoms with Gasteiger partial charge >= 0.3 is 0 Å². The van der Waals surface area contributed by atoms with Crippen LogP contribution in [0.1, 0.15) is 57.2 Å². The van der Waals surface area contributed by atoms with Crippen molar-refractivity contribution in [2.45, 2.75) is 58.0 Å². The first-order valence-corrected chi connectivity index (χ1v) is 8.23. The predicted octanol–water partition coefficient (Wildman–Crippen LogP) is 3.19. The minimum atomic E-state index is 0.0957. The van der Waals surface area contributed by atoms with Gasteiger partial charge in [-0.2, -0.15) is 0 Å². The molecule has 0 unspecified atom stereocenters. The molecule has 19 heavy (non-hydrogen) atoms. The van der Waals surface area contributed by atoms with Crippen LogP contribution in [0.2, 0.25) is 0 Å². The topological polar surface area (TPSA) is 28.2 Å². The molecule has 1 aromatic heterocycles. The van der Waals surface area contributed by atoms with Crippen LogP contribution in [-0.2, 0) is 5.54 Å².